The average molecular weight is 408 g/mol. The van der Waals surface area contributed by atoms with E-state index in [9.17, 15) is 4.79 Å². The minimum absolute atomic E-state index is 0.108. The molecule has 0 radical (unpaired) electrons. The molecular weight excluding hydrogens is 390 g/mol. The fourth-order valence-corrected chi connectivity index (χ4v) is 3.92. The first-order valence-electron chi connectivity index (χ1n) is 8.88. The Hall–Kier alpha value is -2.89. The summed E-state index contributed by atoms with van der Waals surface area (Å²) in [6.07, 6.45) is 0. The number of aromatic nitrogens is 2. The monoisotopic (exact) mass is 407 g/mol. The zero-order chi connectivity index (χ0) is 19.3. The Kier molecular flexibility index (Phi) is 5.55. The van der Waals surface area contributed by atoms with Gasteiger partial charge in [-0.25, -0.2) is 8.75 Å². The molecule has 3 aromatic carbocycles. The zero-order valence-corrected chi connectivity index (χ0v) is 16.6. The molecule has 0 unspecified atom stereocenters. The van der Waals surface area contributed by atoms with E-state index >= 15 is 0 Å². The van der Waals surface area contributed by atoms with Crippen LogP contribution in [0.25, 0.3) is 5.69 Å². The lowest BCUT2D eigenvalue weighted by atomic mass is 10.2. The SMILES string of the molecule is O=c1n(-c2ccc(Cl)cc2)sc(=NCc2ccccc2)n1Cc1ccccc1. The lowest BCUT2D eigenvalue weighted by molar-refractivity contribution is 0.702. The van der Waals surface area contributed by atoms with Crippen molar-refractivity contribution >= 4 is 23.1 Å². The third kappa shape index (κ3) is 4.16. The van der Waals surface area contributed by atoms with Crippen molar-refractivity contribution in [1.82, 2.24) is 8.52 Å². The standard InChI is InChI=1S/C22H18ClN3OS/c23-19-11-13-20(14-12-19)26-22(27)25(16-18-9-5-2-6-10-18)21(28-26)24-15-17-7-3-1-4-8-17/h1-14H,15-16H2. The van der Waals surface area contributed by atoms with Gasteiger partial charge in [-0.05, 0) is 46.9 Å². The van der Waals surface area contributed by atoms with Crippen LogP contribution in [-0.2, 0) is 13.1 Å². The summed E-state index contributed by atoms with van der Waals surface area (Å²) in [6, 6.07) is 27.2. The summed E-state index contributed by atoms with van der Waals surface area (Å²) in [7, 11) is 0. The largest absolute Gasteiger partial charge is 0.344 e. The molecule has 0 saturated carbocycles. The number of halogens is 1. The van der Waals surface area contributed by atoms with Gasteiger partial charge in [-0.15, -0.1) is 0 Å². The van der Waals surface area contributed by atoms with E-state index in [1.165, 1.54) is 11.5 Å². The van der Waals surface area contributed by atoms with Crippen LogP contribution < -0.4 is 10.5 Å². The second-order valence-electron chi connectivity index (χ2n) is 6.30. The van der Waals surface area contributed by atoms with Crippen LogP contribution in [0.2, 0.25) is 5.02 Å². The van der Waals surface area contributed by atoms with Crippen molar-refractivity contribution in [3.8, 4) is 5.69 Å². The predicted molar refractivity (Wildman–Crippen MR) is 114 cm³/mol. The molecule has 0 atom stereocenters. The van der Waals surface area contributed by atoms with Gasteiger partial charge < -0.3 is 0 Å². The molecule has 4 nitrogen and oxygen atoms in total. The van der Waals surface area contributed by atoms with Gasteiger partial charge in [-0.1, -0.05) is 72.3 Å². The van der Waals surface area contributed by atoms with Gasteiger partial charge in [-0.2, -0.15) is 0 Å². The maximum absolute atomic E-state index is 13.1. The Labute approximate surface area is 171 Å². The van der Waals surface area contributed by atoms with Crippen molar-refractivity contribution in [2.75, 3.05) is 0 Å². The summed E-state index contributed by atoms with van der Waals surface area (Å²) < 4.78 is 3.38. The topological polar surface area (TPSA) is 39.3 Å². The molecule has 1 aromatic heterocycles. The second-order valence-corrected chi connectivity index (χ2v) is 7.65. The Balaban J connectivity index is 1.79. The summed E-state index contributed by atoms with van der Waals surface area (Å²) in [5, 5.41) is 0.638. The van der Waals surface area contributed by atoms with E-state index in [-0.39, 0.29) is 5.69 Å². The number of hydrogen-bond acceptors (Lipinski definition) is 3. The summed E-state index contributed by atoms with van der Waals surface area (Å²) in [4.78, 5) is 18.6. The Morgan fingerprint density at radius 3 is 2.07 bits per heavy atom. The van der Waals surface area contributed by atoms with Gasteiger partial charge in [0, 0.05) is 5.02 Å². The first-order chi connectivity index (χ1) is 13.7. The molecule has 0 aliphatic carbocycles. The van der Waals surface area contributed by atoms with Crippen molar-refractivity contribution in [3.05, 3.63) is 116 Å². The number of hydrogen-bond donors (Lipinski definition) is 0. The summed E-state index contributed by atoms with van der Waals surface area (Å²) in [6.45, 7) is 1.00. The molecule has 0 saturated heterocycles. The highest BCUT2D eigenvalue weighted by Gasteiger charge is 2.11. The molecule has 0 N–H and O–H groups in total. The lowest BCUT2D eigenvalue weighted by Crippen LogP contribution is -2.29. The van der Waals surface area contributed by atoms with E-state index in [4.69, 9.17) is 16.6 Å². The van der Waals surface area contributed by atoms with Gasteiger partial charge in [0.2, 0.25) is 4.80 Å². The predicted octanol–water partition coefficient (Wildman–Crippen LogP) is 4.50. The van der Waals surface area contributed by atoms with E-state index in [1.54, 1.807) is 20.7 Å². The van der Waals surface area contributed by atoms with Gasteiger partial charge in [0.15, 0.2) is 0 Å². The van der Waals surface area contributed by atoms with E-state index in [0.29, 0.717) is 22.9 Å². The van der Waals surface area contributed by atoms with E-state index in [0.717, 1.165) is 16.8 Å². The molecule has 140 valence electrons. The highest BCUT2D eigenvalue weighted by molar-refractivity contribution is 7.03. The van der Waals surface area contributed by atoms with Crippen LogP contribution >= 0.6 is 23.1 Å². The fraction of sp³-hybridized carbons (Fsp3) is 0.0909. The van der Waals surface area contributed by atoms with Crippen LogP contribution in [-0.4, -0.2) is 8.52 Å². The summed E-state index contributed by atoms with van der Waals surface area (Å²) in [5.74, 6) is 0. The minimum atomic E-state index is -0.108. The van der Waals surface area contributed by atoms with Crippen LogP contribution in [0.15, 0.2) is 94.7 Å². The zero-order valence-electron chi connectivity index (χ0n) is 15.0. The maximum atomic E-state index is 13.1. The quantitative estimate of drug-likeness (QED) is 0.480. The third-order valence-corrected chi connectivity index (χ3v) is 5.61. The van der Waals surface area contributed by atoms with Crippen LogP contribution in [0.3, 0.4) is 0 Å². The average Bonchev–Trinajstić information content (AvgIpc) is 3.04. The molecular formula is C22H18ClN3OS. The van der Waals surface area contributed by atoms with Gasteiger partial charge in [0.05, 0.1) is 18.8 Å². The molecule has 0 amide bonds. The van der Waals surface area contributed by atoms with E-state index < -0.39 is 0 Å². The van der Waals surface area contributed by atoms with Crippen LogP contribution in [0, 0.1) is 0 Å². The number of nitrogens with zero attached hydrogens (tertiary/aromatic N) is 3. The Bertz CT molecular complexity index is 1180. The molecule has 28 heavy (non-hydrogen) atoms. The molecule has 0 aliphatic heterocycles. The molecule has 1 heterocycles. The van der Waals surface area contributed by atoms with E-state index in [2.05, 4.69) is 0 Å². The van der Waals surface area contributed by atoms with Crippen LogP contribution in [0.1, 0.15) is 11.1 Å². The number of rotatable bonds is 5. The Morgan fingerprint density at radius 1 is 0.821 bits per heavy atom. The first kappa shape index (κ1) is 18.5. The highest BCUT2D eigenvalue weighted by atomic mass is 35.5. The van der Waals surface area contributed by atoms with Crippen molar-refractivity contribution in [2.45, 2.75) is 13.1 Å². The van der Waals surface area contributed by atoms with Crippen molar-refractivity contribution in [1.29, 1.82) is 0 Å². The molecule has 0 aliphatic rings. The summed E-state index contributed by atoms with van der Waals surface area (Å²) >= 11 is 7.33. The highest BCUT2D eigenvalue weighted by Crippen LogP contribution is 2.13. The second kappa shape index (κ2) is 8.42. The smallest absolute Gasteiger partial charge is 0.263 e. The molecule has 0 bridgehead atoms. The van der Waals surface area contributed by atoms with Crippen molar-refractivity contribution < 1.29 is 0 Å². The van der Waals surface area contributed by atoms with Gasteiger partial charge in [-0.3, -0.25) is 9.56 Å². The third-order valence-electron chi connectivity index (χ3n) is 4.29. The van der Waals surface area contributed by atoms with Crippen molar-refractivity contribution in [2.24, 2.45) is 4.99 Å². The maximum Gasteiger partial charge on any atom is 0.344 e. The Morgan fingerprint density at radius 2 is 1.43 bits per heavy atom. The first-order valence-corrected chi connectivity index (χ1v) is 10.0. The molecule has 4 aromatic rings. The van der Waals surface area contributed by atoms with Crippen molar-refractivity contribution in [3.63, 3.8) is 0 Å². The van der Waals surface area contributed by atoms with Gasteiger partial charge >= 0.3 is 5.69 Å². The van der Waals surface area contributed by atoms with Gasteiger partial charge in [0.25, 0.3) is 0 Å². The molecule has 0 fully saturated rings. The minimum Gasteiger partial charge on any atom is -0.263 e. The normalized spacial score (nSPS) is 11.7. The molecule has 0 spiro atoms. The summed E-state index contributed by atoms with van der Waals surface area (Å²) in [5.41, 5.74) is 2.83. The van der Waals surface area contributed by atoms with E-state index in [1.807, 2.05) is 72.8 Å². The molecule has 4 rings (SSSR count). The fourth-order valence-electron chi connectivity index (χ4n) is 2.86. The number of benzene rings is 3. The van der Waals surface area contributed by atoms with Crippen LogP contribution in [0.5, 0.6) is 0 Å². The van der Waals surface area contributed by atoms with Gasteiger partial charge in [0.1, 0.15) is 0 Å². The molecule has 6 heteroatoms. The van der Waals surface area contributed by atoms with Crippen LogP contribution in [0.4, 0.5) is 0 Å². The lowest BCUT2D eigenvalue weighted by Gasteiger charge is -2.02.